The topological polar surface area (TPSA) is 78.4 Å². The van der Waals surface area contributed by atoms with E-state index < -0.39 is 17.4 Å². The third kappa shape index (κ3) is 4.59. The van der Waals surface area contributed by atoms with Gasteiger partial charge in [-0.3, -0.25) is 14.2 Å². The van der Waals surface area contributed by atoms with E-state index in [1.54, 1.807) is 0 Å². The maximum atomic E-state index is 13.0. The molecule has 7 nitrogen and oxygen atoms in total. The molecular formula is C24H29F3N4O3. The molecule has 1 aromatic carbocycles. The van der Waals surface area contributed by atoms with Crippen LogP contribution >= 0.6 is 0 Å². The molecule has 0 bridgehead atoms. The Labute approximate surface area is 194 Å². The molecule has 2 amide bonds. The fourth-order valence-corrected chi connectivity index (χ4v) is 5.37. The van der Waals surface area contributed by atoms with E-state index in [2.05, 4.69) is 4.98 Å². The van der Waals surface area contributed by atoms with Crippen molar-refractivity contribution >= 4 is 22.8 Å². The zero-order valence-electron chi connectivity index (χ0n) is 18.9. The molecule has 1 aromatic heterocycles. The first-order valence-corrected chi connectivity index (χ1v) is 12.1. The van der Waals surface area contributed by atoms with Crippen LogP contribution in [-0.2, 0) is 22.3 Å². The molecule has 0 unspecified atom stereocenters. The Kier molecular flexibility index (Phi) is 5.93. The zero-order chi connectivity index (χ0) is 24.0. The fraction of sp³-hybridized carbons (Fsp3) is 0.625. The van der Waals surface area contributed by atoms with Gasteiger partial charge in [-0.1, -0.05) is 0 Å². The molecule has 0 spiro atoms. The largest absolute Gasteiger partial charge is 0.416 e. The van der Waals surface area contributed by atoms with Gasteiger partial charge >= 0.3 is 11.9 Å². The number of hydrogen-bond acceptors (Lipinski definition) is 3. The van der Waals surface area contributed by atoms with Crippen molar-refractivity contribution in [3.05, 3.63) is 34.2 Å². The van der Waals surface area contributed by atoms with E-state index in [1.807, 2.05) is 9.80 Å². The number of amides is 2. The minimum absolute atomic E-state index is 0.0454. The number of benzene rings is 1. The first-order chi connectivity index (χ1) is 16.2. The van der Waals surface area contributed by atoms with E-state index in [9.17, 15) is 27.6 Å². The third-order valence-electron chi connectivity index (χ3n) is 7.57. The van der Waals surface area contributed by atoms with Crippen molar-refractivity contribution in [2.24, 2.45) is 17.8 Å². The standard InChI is InChI=1S/C24H29F3N4O3/c25-24(26,27)18-7-8-20-19(13-18)28-23(34)31(20)14-15-1-3-16(4-2-15)21(32)29-9-11-30(12-10-29)22(33)17-5-6-17/h7-8,13,15-17H,1-6,9-12,14H2,(H,28,34)/t15-,16-. The van der Waals surface area contributed by atoms with E-state index >= 15 is 0 Å². The number of halogens is 3. The lowest BCUT2D eigenvalue weighted by Gasteiger charge is -2.38. The van der Waals surface area contributed by atoms with Crippen molar-refractivity contribution in [2.45, 2.75) is 51.2 Å². The van der Waals surface area contributed by atoms with Gasteiger partial charge in [-0.25, -0.2) is 4.79 Å². The molecule has 1 N–H and O–H groups in total. The normalized spacial score (nSPS) is 24.0. The third-order valence-corrected chi connectivity index (χ3v) is 7.57. The number of H-pyrrole nitrogens is 1. The highest BCUT2D eigenvalue weighted by atomic mass is 19.4. The molecular weight excluding hydrogens is 449 g/mol. The fourth-order valence-electron chi connectivity index (χ4n) is 5.37. The van der Waals surface area contributed by atoms with Crippen LogP contribution in [0.4, 0.5) is 13.2 Å². The molecule has 5 rings (SSSR count). The first-order valence-electron chi connectivity index (χ1n) is 12.1. The molecule has 3 aliphatic rings. The van der Waals surface area contributed by atoms with Gasteiger partial charge in [0.25, 0.3) is 0 Å². The van der Waals surface area contributed by atoms with Crippen LogP contribution < -0.4 is 5.69 Å². The Bertz CT molecular complexity index is 1130. The first kappa shape index (κ1) is 23.0. The molecule has 184 valence electrons. The lowest BCUT2D eigenvalue weighted by Crippen LogP contribution is -2.52. The molecule has 1 aliphatic heterocycles. The second kappa shape index (κ2) is 8.78. The Balaban J connectivity index is 1.15. The van der Waals surface area contributed by atoms with Crippen LogP contribution in [0.5, 0.6) is 0 Å². The van der Waals surface area contributed by atoms with Gasteiger partial charge in [0.2, 0.25) is 11.8 Å². The summed E-state index contributed by atoms with van der Waals surface area (Å²) in [4.78, 5) is 43.9. The Morgan fingerprint density at radius 3 is 1.91 bits per heavy atom. The van der Waals surface area contributed by atoms with Crippen LogP contribution in [0.15, 0.2) is 23.0 Å². The Morgan fingerprint density at radius 2 is 1.41 bits per heavy atom. The van der Waals surface area contributed by atoms with E-state index in [-0.39, 0.29) is 35.1 Å². The molecule has 3 fully saturated rings. The van der Waals surface area contributed by atoms with E-state index in [1.165, 1.54) is 10.6 Å². The van der Waals surface area contributed by atoms with Gasteiger partial charge in [-0.15, -0.1) is 0 Å². The summed E-state index contributed by atoms with van der Waals surface area (Å²) in [6.45, 7) is 2.81. The van der Waals surface area contributed by atoms with E-state index in [0.29, 0.717) is 38.2 Å². The highest BCUT2D eigenvalue weighted by Crippen LogP contribution is 2.34. The summed E-state index contributed by atoms with van der Waals surface area (Å²) in [7, 11) is 0. The predicted octanol–water partition coefficient (Wildman–Crippen LogP) is 3.24. The van der Waals surface area contributed by atoms with Crippen molar-refractivity contribution in [2.75, 3.05) is 26.2 Å². The number of alkyl halides is 3. The quantitative estimate of drug-likeness (QED) is 0.733. The molecule has 0 atom stereocenters. The number of carbonyl (C=O) groups excluding carboxylic acids is 2. The lowest BCUT2D eigenvalue weighted by atomic mass is 9.81. The summed E-state index contributed by atoms with van der Waals surface area (Å²) < 4.78 is 40.4. The van der Waals surface area contributed by atoms with Gasteiger partial charge in [0.15, 0.2) is 0 Å². The number of nitrogens with zero attached hydrogens (tertiary/aromatic N) is 3. The van der Waals surface area contributed by atoms with Gasteiger partial charge in [0.05, 0.1) is 16.6 Å². The number of carbonyl (C=O) groups is 2. The van der Waals surface area contributed by atoms with Gasteiger partial charge in [0, 0.05) is 44.6 Å². The SMILES string of the molecule is O=C(C1CC1)N1CCN(C(=O)[C@H]2CC[C@H](Cn3c(=O)[nH]c4cc(C(F)(F)F)ccc43)CC2)CC1. The van der Waals surface area contributed by atoms with Crippen molar-refractivity contribution in [1.29, 1.82) is 0 Å². The van der Waals surface area contributed by atoms with Gasteiger partial charge in [-0.05, 0) is 62.6 Å². The van der Waals surface area contributed by atoms with Crippen molar-refractivity contribution < 1.29 is 22.8 Å². The smallest absolute Gasteiger partial charge is 0.339 e. The maximum absolute atomic E-state index is 13.0. The second-order valence-corrected chi connectivity index (χ2v) is 9.91. The molecule has 2 heterocycles. The predicted molar refractivity (Wildman–Crippen MR) is 119 cm³/mol. The average Bonchev–Trinajstić information content (AvgIpc) is 3.63. The van der Waals surface area contributed by atoms with Crippen LogP contribution in [-0.4, -0.2) is 57.3 Å². The molecule has 34 heavy (non-hydrogen) atoms. The van der Waals surface area contributed by atoms with Crippen LogP contribution in [0.1, 0.15) is 44.1 Å². The number of rotatable bonds is 4. The summed E-state index contributed by atoms with van der Waals surface area (Å²) in [6, 6.07) is 3.32. The highest BCUT2D eigenvalue weighted by molar-refractivity contribution is 5.82. The summed E-state index contributed by atoms with van der Waals surface area (Å²) in [6.07, 6.45) is 0.561. The Morgan fingerprint density at radius 1 is 0.882 bits per heavy atom. The number of fused-ring (bicyclic) bond motifs is 1. The van der Waals surface area contributed by atoms with E-state index in [0.717, 1.165) is 50.7 Å². The highest BCUT2D eigenvalue weighted by Gasteiger charge is 2.37. The monoisotopic (exact) mass is 478 g/mol. The van der Waals surface area contributed by atoms with Gasteiger partial charge in [0.1, 0.15) is 0 Å². The summed E-state index contributed by atoms with van der Waals surface area (Å²) in [5.74, 6) is 0.733. The molecule has 0 radical (unpaired) electrons. The summed E-state index contributed by atoms with van der Waals surface area (Å²) >= 11 is 0. The van der Waals surface area contributed by atoms with Gasteiger partial charge < -0.3 is 14.8 Å². The number of aromatic nitrogens is 2. The maximum Gasteiger partial charge on any atom is 0.416 e. The summed E-state index contributed by atoms with van der Waals surface area (Å²) in [5, 5.41) is 0. The number of imidazole rings is 1. The number of piperazine rings is 1. The molecule has 2 aromatic rings. The van der Waals surface area contributed by atoms with Crippen molar-refractivity contribution in [3.8, 4) is 0 Å². The summed E-state index contributed by atoms with van der Waals surface area (Å²) in [5.41, 5.74) is -0.547. The van der Waals surface area contributed by atoms with Crippen molar-refractivity contribution in [3.63, 3.8) is 0 Å². The molecule has 10 heteroatoms. The minimum Gasteiger partial charge on any atom is -0.339 e. The van der Waals surface area contributed by atoms with E-state index in [4.69, 9.17) is 0 Å². The Hall–Kier alpha value is -2.78. The van der Waals surface area contributed by atoms with Crippen LogP contribution in [0.25, 0.3) is 11.0 Å². The lowest BCUT2D eigenvalue weighted by molar-refractivity contribution is -0.143. The second-order valence-electron chi connectivity index (χ2n) is 9.91. The molecule has 1 saturated heterocycles. The van der Waals surface area contributed by atoms with Crippen LogP contribution in [0, 0.1) is 17.8 Å². The number of aromatic amines is 1. The van der Waals surface area contributed by atoms with Crippen molar-refractivity contribution in [1.82, 2.24) is 19.4 Å². The average molecular weight is 479 g/mol. The molecule has 2 aliphatic carbocycles. The number of nitrogens with one attached hydrogen (secondary N) is 1. The number of hydrogen-bond donors (Lipinski definition) is 1. The zero-order valence-corrected chi connectivity index (χ0v) is 18.9. The molecule has 2 saturated carbocycles. The van der Waals surface area contributed by atoms with Crippen LogP contribution in [0.2, 0.25) is 0 Å². The van der Waals surface area contributed by atoms with Gasteiger partial charge in [-0.2, -0.15) is 13.2 Å². The minimum atomic E-state index is -4.46. The van der Waals surface area contributed by atoms with Crippen LogP contribution in [0.3, 0.4) is 0 Å².